The predicted molar refractivity (Wildman–Crippen MR) is 135 cm³/mol. The lowest BCUT2D eigenvalue weighted by Crippen LogP contribution is -2.29. The smallest absolute Gasteiger partial charge is 0.252 e. The van der Waals surface area contributed by atoms with Gasteiger partial charge in [-0.05, 0) is 25.5 Å². The fraction of sp³-hybridized carbons (Fsp3) is 0.208. The number of rotatable bonds is 8. The number of carbonyl (C=O) groups is 2. The van der Waals surface area contributed by atoms with Crippen molar-refractivity contribution in [3.05, 3.63) is 76.9 Å². The molecule has 174 valence electrons. The maximum Gasteiger partial charge on any atom is 0.252 e. The molecule has 0 aliphatic rings. The number of anilines is 1. The summed E-state index contributed by atoms with van der Waals surface area (Å²) >= 11 is 2.66. The Morgan fingerprint density at radius 3 is 2.59 bits per heavy atom. The zero-order valence-corrected chi connectivity index (χ0v) is 20.6. The summed E-state index contributed by atoms with van der Waals surface area (Å²) in [4.78, 5) is 29.5. The number of aromatic nitrogens is 4. The second-order valence-electron chi connectivity index (χ2n) is 7.65. The fourth-order valence-electron chi connectivity index (χ4n) is 3.35. The third-order valence-corrected chi connectivity index (χ3v) is 6.92. The van der Waals surface area contributed by atoms with Crippen LogP contribution in [0.5, 0.6) is 0 Å². The number of nitrogens with one attached hydrogen (secondary N) is 2. The monoisotopic (exact) mass is 492 g/mol. The normalized spacial score (nSPS) is 11.7. The molecule has 1 unspecified atom stereocenters. The predicted octanol–water partition coefficient (Wildman–Crippen LogP) is 4.47. The molecule has 4 rings (SSSR count). The molecule has 2 aromatic carbocycles. The van der Waals surface area contributed by atoms with E-state index in [0.29, 0.717) is 21.7 Å². The van der Waals surface area contributed by atoms with Crippen molar-refractivity contribution < 1.29 is 9.59 Å². The van der Waals surface area contributed by atoms with Gasteiger partial charge in [0.25, 0.3) is 5.91 Å². The summed E-state index contributed by atoms with van der Waals surface area (Å²) in [6.07, 6.45) is 0. The molecule has 2 amide bonds. The Morgan fingerprint density at radius 1 is 1.09 bits per heavy atom. The van der Waals surface area contributed by atoms with Gasteiger partial charge in [0.05, 0.1) is 17.5 Å². The van der Waals surface area contributed by atoms with Crippen LogP contribution in [0.1, 0.15) is 34.7 Å². The van der Waals surface area contributed by atoms with E-state index in [2.05, 4.69) is 25.8 Å². The molecule has 0 radical (unpaired) electrons. The summed E-state index contributed by atoms with van der Waals surface area (Å²) in [6, 6.07) is 16.9. The molecule has 4 aromatic rings. The molecule has 0 aliphatic heterocycles. The summed E-state index contributed by atoms with van der Waals surface area (Å²) in [6.45, 7) is 3.75. The number of nitrogens with zero attached hydrogens (tertiary/aromatic N) is 4. The second-order valence-corrected chi connectivity index (χ2v) is 9.45. The highest BCUT2D eigenvalue weighted by molar-refractivity contribution is 7.99. The Morgan fingerprint density at radius 2 is 1.82 bits per heavy atom. The Kier molecular flexibility index (Phi) is 7.39. The molecule has 0 aliphatic carbocycles. The third kappa shape index (κ3) is 5.52. The Labute approximate surface area is 205 Å². The SMILES string of the molecule is Cc1ccccc1C(=O)NC(C)c1nnc(SCC(=O)Nc2nc(-c3ccccc3)cs2)n1C. The largest absolute Gasteiger partial charge is 0.342 e. The van der Waals surface area contributed by atoms with Crippen molar-refractivity contribution in [3.8, 4) is 11.3 Å². The molecule has 1 atom stereocenters. The summed E-state index contributed by atoms with van der Waals surface area (Å²) < 4.78 is 1.79. The number of hydrogen-bond acceptors (Lipinski definition) is 7. The van der Waals surface area contributed by atoms with E-state index in [1.165, 1.54) is 23.1 Å². The minimum absolute atomic E-state index is 0.163. The van der Waals surface area contributed by atoms with Gasteiger partial charge in [-0.15, -0.1) is 21.5 Å². The Bertz CT molecular complexity index is 1300. The van der Waals surface area contributed by atoms with Crippen LogP contribution in [-0.2, 0) is 11.8 Å². The fourth-order valence-corrected chi connectivity index (χ4v) is 4.81. The zero-order valence-electron chi connectivity index (χ0n) is 19.0. The number of amides is 2. The van der Waals surface area contributed by atoms with E-state index in [-0.39, 0.29) is 23.6 Å². The van der Waals surface area contributed by atoms with Gasteiger partial charge in [-0.25, -0.2) is 4.98 Å². The first-order chi connectivity index (χ1) is 16.4. The number of thiazole rings is 1. The first-order valence-corrected chi connectivity index (χ1v) is 12.5. The van der Waals surface area contributed by atoms with Crippen LogP contribution < -0.4 is 10.6 Å². The number of benzene rings is 2. The molecule has 34 heavy (non-hydrogen) atoms. The molecule has 8 nitrogen and oxygen atoms in total. The van der Waals surface area contributed by atoms with Crippen LogP contribution in [0.15, 0.2) is 65.1 Å². The van der Waals surface area contributed by atoms with Gasteiger partial charge in [-0.3, -0.25) is 9.59 Å². The van der Waals surface area contributed by atoms with Crippen LogP contribution in [0.2, 0.25) is 0 Å². The quantitative estimate of drug-likeness (QED) is 0.352. The Hall–Kier alpha value is -3.50. The first kappa shape index (κ1) is 23.7. The van der Waals surface area contributed by atoms with Gasteiger partial charge in [0.15, 0.2) is 16.1 Å². The van der Waals surface area contributed by atoms with E-state index < -0.39 is 0 Å². The maximum atomic E-state index is 12.6. The summed E-state index contributed by atoms with van der Waals surface area (Å²) in [5, 5.41) is 17.3. The minimum Gasteiger partial charge on any atom is -0.342 e. The van der Waals surface area contributed by atoms with Crippen LogP contribution in [0, 0.1) is 6.92 Å². The lowest BCUT2D eigenvalue weighted by Gasteiger charge is -2.14. The number of carbonyl (C=O) groups excluding carboxylic acids is 2. The van der Waals surface area contributed by atoms with Gasteiger partial charge in [0, 0.05) is 23.6 Å². The van der Waals surface area contributed by atoms with E-state index in [1.807, 2.05) is 74.8 Å². The van der Waals surface area contributed by atoms with Crippen molar-refractivity contribution in [2.75, 3.05) is 11.1 Å². The molecule has 2 heterocycles. The van der Waals surface area contributed by atoms with E-state index >= 15 is 0 Å². The average Bonchev–Trinajstić information content (AvgIpc) is 3.45. The van der Waals surface area contributed by atoms with E-state index in [4.69, 9.17) is 0 Å². The molecule has 10 heteroatoms. The standard InChI is InChI=1S/C24H24N6O2S2/c1-15-9-7-8-12-18(15)22(32)25-16(2)21-28-29-24(30(21)3)34-14-20(31)27-23-26-19(13-33-23)17-10-5-4-6-11-17/h4-13,16H,14H2,1-3H3,(H,25,32)(H,26,27,31). The minimum atomic E-state index is -0.348. The van der Waals surface area contributed by atoms with E-state index in [9.17, 15) is 9.59 Å². The highest BCUT2D eigenvalue weighted by Gasteiger charge is 2.20. The van der Waals surface area contributed by atoms with Crippen LogP contribution in [0.4, 0.5) is 5.13 Å². The molecule has 0 saturated heterocycles. The zero-order chi connectivity index (χ0) is 24.1. The van der Waals surface area contributed by atoms with Gasteiger partial charge in [-0.1, -0.05) is 60.3 Å². The van der Waals surface area contributed by atoms with Gasteiger partial charge in [0.1, 0.15) is 0 Å². The molecule has 2 N–H and O–H groups in total. The topological polar surface area (TPSA) is 102 Å². The number of hydrogen-bond donors (Lipinski definition) is 2. The highest BCUT2D eigenvalue weighted by atomic mass is 32.2. The summed E-state index contributed by atoms with van der Waals surface area (Å²) in [7, 11) is 1.82. The van der Waals surface area contributed by atoms with Crippen molar-refractivity contribution in [2.24, 2.45) is 7.05 Å². The molecule has 0 saturated carbocycles. The van der Waals surface area contributed by atoms with Crippen molar-refractivity contribution in [1.82, 2.24) is 25.1 Å². The average molecular weight is 493 g/mol. The van der Waals surface area contributed by atoms with Gasteiger partial charge in [-0.2, -0.15) is 0 Å². The Balaban J connectivity index is 1.32. The molecular formula is C24H24N6O2S2. The third-order valence-electron chi connectivity index (χ3n) is 5.15. The van der Waals surface area contributed by atoms with Crippen LogP contribution >= 0.6 is 23.1 Å². The van der Waals surface area contributed by atoms with Crippen LogP contribution in [0.3, 0.4) is 0 Å². The second kappa shape index (κ2) is 10.6. The highest BCUT2D eigenvalue weighted by Crippen LogP contribution is 2.25. The van der Waals surface area contributed by atoms with Crippen molar-refractivity contribution >= 4 is 40.0 Å². The van der Waals surface area contributed by atoms with Gasteiger partial charge in [0.2, 0.25) is 5.91 Å². The van der Waals surface area contributed by atoms with Crippen molar-refractivity contribution in [1.29, 1.82) is 0 Å². The molecular weight excluding hydrogens is 468 g/mol. The van der Waals surface area contributed by atoms with E-state index in [1.54, 1.807) is 10.6 Å². The summed E-state index contributed by atoms with van der Waals surface area (Å²) in [5.41, 5.74) is 3.36. The van der Waals surface area contributed by atoms with Crippen LogP contribution in [0.25, 0.3) is 11.3 Å². The number of aryl methyl sites for hydroxylation is 1. The van der Waals surface area contributed by atoms with Crippen molar-refractivity contribution in [2.45, 2.75) is 25.0 Å². The molecule has 0 fully saturated rings. The van der Waals surface area contributed by atoms with E-state index in [0.717, 1.165) is 16.8 Å². The lowest BCUT2D eigenvalue weighted by atomic mass is 10.1. The van der Waals surface area contributed by atoms with Crippen molar-refractivity contribution in [3.63, 3.8) is 0 Å². The molecule has 0 spiro atoms. The molecule has 2 aromatic heterocycles. The van der Waals surface area contributed by atoms with Gasteiger partial charge >= 0.3 is 0 Å². The van der Waals surface area contributed by atoms with Gasteiger partial charge < -0.3 is 15.2 Å². The lowest BCUT2D eigenvalue weighted by molar-refractivity contribution is -0.113. The molecule has 0 bridgehead atoms. The first-order valence-electron chi connectivity index (χ1n) is 10.6. The summed E-state index contributed by atoms with van der Waals surface area (Å²) in [5.74, 6) is 0.429. The van der Waals surface area contributed by atoms with Crippen LogP contribution in [-0.4, -0.2) is 37.3 Å². The number of thioether (sulfide) groups is 1. The maximum absolute atomic E-state index is 12.6.